The molecule has 0 aliphatic heterocycles. The fourth-order valence-electron chi connectivity index (χ4n) is 0. The molecule has 0 saturated heterocycles. The average molecular weight is 269 g/mol. The zero-order valence-electron chi connectivity index (χ0n) is 5.49. The Bertz CT molecular complexity index is 25.2. The quantitative estimate of drug-likeness (QED) is 0.640. The number of rotatable bonds is 1. The molecule has 0 radical (unpaired) electrons. The molecule has 0 aromatic heterocycles. The molecule has 0 bridgehead atoms. The Balaban J connectivity index is 0. The summed E-state index contributed by atoms with van der Waals surface area (Å²) < 4.78 is 0. The fraction of sp³-hybridized carbons (Fsp3) is 0.833. The van der Waals surface area contributed by atoms with Crippen molar-refractivity contribution in [1.82, 2.24) is 0 Å². The van der Waals surface area contributed by atoms with Gasteiger partial charge in [0.25, 0.3) is 0 Å². The van der Waals surface area contributed by atoms with E-state index in [0.717, 1.165) is 5.92 Å². The van der Waals surface area contributed by atoms with Crippen LogP contribution in [0.3, 0.4) is 0 Å². The zero-order chi connectivity index (χ0) is 5.15. The van der Waals surface area contributed by atoms with Crippen molar-refractivity contribution in [2.45, 2.75) is 27.7 Å². The third-order valence-electron chi connectivity index (χ3n) is 1.15. The van der Waals surface area contributed by atoms with E-state index in [0.29, 0.717) is 0 Å². The zero-order valence-corrected chi connectivity index (χ0v) is 8.42. The van der Waals surface area contributed by atoms with Gasteiger partial charge in [-0.25, -0.2) is 0 Å². The largest absolute Gasteiger partial charge is 0.317 e. The minimum absolute atomic E-state index is 0. The van der Waals surface area contributed by atoms with E-state index in [9.17, 15) is 0 Å². The molecule has 0 heterocycles. The molecule has 0 aliphatic carbocycles. The fourth-order valence-corrected chi connectivity index (χ4v) is 0. The molecule has 44 valence electrons. The van der Waals surface area contributed by atoms with Crippen LogP contribution in [0.25, 0.3) is 0 Å². The molecule has 0 N–H and O–H groups in total. The maximum atomic E-state index is 2.20. The first kappa shape index (κ1) is 10.6. The summed E-state index contributed by atoms with van der Waals surface area (Å²) in [7, 11) is 0. The second-order valence-electron chi connectivity index (χ2n) is 2.23. The molecule has 0 nitrogen and oxygen atoms in total. The Labute approximate surface area is 61.0 Å². The Kier molecular flexibility index (Phi) is 7.35. The molecule has 0 saturated carbocycles. The Morgan fingerprint density at radius 3 is 1.29 bits per heavy atom. The predicted molar refractivity (Wildman–Crippen MR) is 29.4 cm³/mol. The molecule has 0 amide bonds. The van der Waals surface area contributed by atoms with Gasteiger partial charge in [-0.05, 0) is 0 Å². The van der Waals surface area contributed by atoms with Gasteiger partial charge < -0.3 is 5.92 Å². The van der Waals surface area contributed by atoms with E-state index in [2.05, 4.69) is 27.7 Å². The summed E-state index contributed by atoms with van der Waals surface area (Å²) in [5.41, 5.74) is 0. The summed E-state index contributed by atoms with van der Waals surface area (Å²) in [5, 5.41) is 0. The van der Waals surface area contributed by atoms with Crippen LogP contribution in [0.4, 0.5) is 0 Å². The van der Waals surface area contributed by atoms with Crippen molar-refractivity contribution in [1.29, 1.82) is 0 Å². The standard InChI is InChI=1S/C6H13.W/c1-5(2)6(3)4;/h5H,1-4H3;/q-1;. The van der Waals surface area contributed by atoms with E-state index in [1.807, 2.05) is 0 Å². The Morgan fingerprint density at radius 2 is 1.29 bits per heavy atom. The van der Waals surface area contributed by atoms with Crippen molar-refractivity contribution in [3.63, 3.8) is 0 Å². The van der Waals surface area contributed by atoms with Gasteiger partial charge in [0.15, 0.2) is 0 Å². The van der Waals surface area contributed by atoms with Crippen LogP contribution in [0.15, 0.2) is 0 Å². The van der Waals surface area contributed by atoms with Crippen molar-refractivity contribution in [3.8, 4) is 0 Å². The average Bonchev–Trinajstić information content (AvgIpc) is 1.36. The van der Waals surface area contributed by atoms with Crippen LogP contribution in [-0.4, -0.2) is 0 Å². The molecule has 0 aromatic rings. The Hall–Kier alpha value is 0.688. The van der Waals surface area contributed by atoms with E-state index in [4.69, 9.17) is 0 Å². The molecule has 7 heavy (non-hydrogen) atoms. The molecular formula is C6H13W-. The third-order valence-corrected chi connectivity index (χ3v) is 1.15. The smallest absolute Gasteiger partial charge is 0 e. The van der Waals surface area contributed by atoms with Crippen molar-refractivity contribution >= 4 is 0 Å². The first-order valence-corrected chi connectivity index (χ1v) is 2.44. The van der Waals surface area contributed by atoms with Crippen molar-refractivity contribution < 1.29 is 21.1 Å². The molecule has 0 rings (SSSR count). The van der Waals surface area contributed by atoms with Gasteiger partial charge in [0.2, 0.25) is 0 Å². The summed E-state index contributed by atoms with van der Waals surface area (Å²) in [6, 6.07) is 0. The maximum absolute atomic E-state index is 2.20. The van der Waals surface area contributed by atoms with Crippen molar-refractivity contribution in [2.24, 2.45) is 5.92 Å². The van der Waals surface area contributed by atoms with Crippen LogP contribution < -0.4 is 0 Å². The molecule has 0 atom stereocenters. The third kappa shape index (κ3) is 6.69. The first-order valence-electron chi connectivity index (χ1n) is 2.44. The summed E-state index contributed by atoms with van der Waals surface area (Å²) in [6.45, 7) is 8.72. The summed E-state index contributed by atoms with van der Waals surface area (Å²) >= 11 is 0. The molecule has 0 fully saturated rings. The molecular weight excluding hydrogens is 256 g/mol. The van der Waals surface area contributed by atoms with Gasteiger partial charge in [-0.1, -0.05) is 13.8 Å². The van der Waals surface area contributed by atoms with E-state index in [-0.39, 0.29) is 21.1 Å². The van der Waals surface area contributed by atoms with Gasteiger partial charge in [-0.2, -0.15) is 19.8 Å². The summed E-state index contributed by atoms with van der Waals surface area (Å²) in [5.74, 6) is 2.28. The minimum atomic E-state index is 0. The molecule has 1 heteroatoms. The molecule has 0 aliphatic rings. The van der Waals surface area contributed by atoms with Gasteiger partial charge in [-0.3, -0.25) is 0 Å². The predicted octanol–water partition coefficient (Wildman–Crippen LogP) is 2.25. The monoisotopic (exact) mass is 269 g/mol. The minimum Gasteiger partial charge on any atom is -0.317 e. The van der Waals surface area contributed by atoms with Gasteiger partial charge >= 0.3 is 0 Å². The first-order chi connectivity index (χ1) is 2.64. The second-order valence-corrected chi connectivity index (χ2v) is 2.23. The van der Waals surface area contributed by atoms with Gasteiger partial charge in [-0.15, -0.1) is 0 Å². The van der Waals surface area contributed by atoms with Crippen LogP contribution in [-0.2, 0) is 21.1 Å². The van der Waals surface area contributed by atoms with Crippen LogP contribution in [0, 0.1) is 11.8 Å². The number of hydrogen-bond donors (Lipinski definition) is 0. The van der Waals surface area contributed by atoms with Gasteiger partial charge in [0.05, 0.1) is 0 Å². The summed E-state index contributed by atoms with van der Waals surface area (Å²) in [6.07, 6.45) is 0. The Morgan fingerprint density at radius 1 is 1.14 bits per heavy atom. The second kappa shape index (κ2) is 4.84. The van der Waals surface area contributed by atoms with Gasteiger partial charge in [0, 0.05) is 21.1 Å². The van der Waals surface area contributed by atoms with E-state index >= 15 is 0 Å². The van der Waals surface area contributed by atoms with Crippen molar-refractivity contribution in [2.75, 3.05) is 0 Å². The van der Waals surface area contributed by atoms with E-state index in [1.165, 1.54) is 5.92 Å². The van der Waals surface area contributed by atoms with Gasteiger partial charge in [0.1, 0.15) is 0 Å². The van der Waals surface area contributed by atoms with Crippen LogP contribution in [0.1, 0.15) is 27.7 Å². The van der Waals surface area contributed by atoms with Crippen molar-refractivity contribution in [3.05, 3.63) is 5.92 Å². The normalized spacial score (nSPS) is 9.43. The maximum Gasteiger partial charge on any atom is 0 e. The molecule has 0 unspecified atom stereocenters. The van der Waals surface area contributed by atoms with E-state index < -0.39 is 0 Å². The van der Waals surface area contributed by atoms with E-state index in [1.54, 1.807) is 0 Å². The van der Waals surface area contributed by atoms with Crippen LogP contribution >= 0.6 is 0 Å². The SMILES string of the molecule is C[C-](C)C(C)C.[W]. The molecule has 0 aromatic carbocycles. The topological polar surface area (TPSA) is 0 Å². The molecule has 0 spiro atoms. The van der Waals surface area contributed by atoms with Crippen LogP contribution in [0.2, 0.25) is 0 Å². The number of hydrogen-bond acceptors (Lipinski definition) is 0. The summed E-state index contributed by atoms with van der Waals surface area (Å²) in [4.78, 5) is 0. The van der Waals surface area contributed by atoms with Crippen LogP contribution in [0.5, 0.6) is 0 Å².